The van der Waals surface area contributed by atoms with Gasteiger partial charge in [0.15, 0.2) is 0 Å². The quantitative estimate of drug-likeness (QED) is 0.782. The maximum Gasteiger partial charge on any atom is 0.452 e. The summed E-state index contributed by atoms with van der Waals surface area (Å²) in [5, 5.41) is 8.64. The van der Waals surface area contributed by atoms with Crippen molar-refractivity contribution < 1.29 is 23.0 Å². The van der Waals surface area contributed by atoms with Gasteiger partial charge in [-0.05, 0) is 0 Å². The van der Waals surface area contributed by atoms with Crippen molar-refractivity contribution in [2.45, 2.75) is 6.18 Å². The average molecular weight is 271 g/mol. The van der Waals surface area contributed by atoms with E-state index in [9.17, 15) is 13.2 Å². The molecule has 0 bridgehead atoms. The van der Waals surface area contributed by atoms with Crippen LogP contribution in [-0.4, -0.2) is 47.9 Å². The van der Waals surface area contributed by atoms with Crippen LogP contribution in [0.15, 0.2) is 0 Å². The van der Waals surface area contributed by atoms with E-state index in [-0.39, 0.29) is 18.3 Å². The lowest BCUT2D eigenvalue weighted by atomic mass is 10.6. The van der Waals surface area contributed by atoms with Crippen LogP contribution >= 0.6 is 11.5 Å². The fourth-order valence-corrected chi connectivity index (χ4v) is 1.62. The monoisotopic (exact) mass is 271 g/mol. The first-order valence-electron chi connectivity index (χ1n) is 4.76. The molecular formula is C8H12F3N3O2S. The zero-order valence-corrected chi connectivity index (χ0v) is 9.88. The van der Waals surface area contributed by atoms with Crippen molar-refractivity contribution >= 4 is 16.7 Å². The average Bonchev–Trinajstić information content (AvgIpc) is 2.72. The Bertz CT molecular complexity index is 345. The fraction of sp³-hybridized carbons (Fsp3) is 0.750. The number of alkyl halides is 3. The second-order valence-electron chi connectivity index (χ2n) is 3.16. The first kappa shape index (κ1) is 14.1. The highest BCUT2D eigenvalue weighted by atomic mass is 32.1. The summed E-state index contributed by atoms with van der Waals surface area (Å²) in [5.41, 5.74) is 0. The summed E-state index contributed by atoms with van der Waals surface area (Å²) in [4.78, 5) is 4.90. The molecule has 1 rings (SSSR count). The van der Waals surface area contributed by atoms with E-state index >= 15 is 0 Å². The van der Waals surface area contributed by atoms with Crippen molar-refractivity contribution in [1.29, 1.82) is 0 Å². The van der Waals surface area contributed by atoms with Gasteiger partial charge in [0.05, 0.1) is 19.8 Å². The summed E-state index contributed by atoms with van der Waals surface area (Å²) in [6, 6.07) is 0. The Kier molecular flexibility index (Phi) is 5.09. The van der Waals surface area contributed by atoms with Crippen LogP contribution in [0.2, 0.25) is 0 Å². The Balaban J connectivity index is 2.47. The number of aliphatic hydroxyl groups excluding tert-OH is 1. The highest BCUT2D eigenvalue weighted by Gasteiger charge is 2.36. The third kappa shape index (κ3) is 4.44. The van der Waals surface area contributed by atoms with Crippen LogP contribution in [0.3, 0.4) is 0 Å². The van der Waals surface area contributed by atoms with Crippen LogP contribution in [0.4, 0.5) is 18.3 Å². The van der Waals surface area contributed by atoms with E-state index in [1.54, 1.807) is 7.05 Å². The molecule has 0 aromatic carbocycles. The van der Waals surface area contributed by atoms with Gasteiger partial charge >= 0.3 is 6.18 Å². The first-order valence-corrected chi connectivity index (χ1v) is 5.53. The normalized spacial score (nSPS) is 11.8. The predicted octanol–water partition coefficient (Wildman–Crippen LogP) is 1.00. The molecule has 0 aliphatic heterocycles. The van der Waals surface area contributed by atoms with Crippen LogP contribution in [0.25, 0.3) is 0 Å². The molecule has 0 radical (unpaired) electrons. The second kappa shape index (κ2) is 6.12. The lowest BCUT2D eigenvalue weighted by molar-refractivity contribution is -0.144. The van der Waals surface area contributed by atoms with Crippen LogP contribution in [0, 0.1) is 0 Å². The Morgan fingerprint density at radius 3 is 2.65 bits per heavy atom. The SMILES string of the molecule is CN(CCOCCO)c1nc(C(F)(F)F)ns1. The van der Waals surface area contributed by atoms with Crippen LogP contribution < -0.4 is 4.90 Å². The highest BCUT2D eigenvalue weighted by molar-refractivity contribution is 7.09. The van der Waals surface area contributed by atoms with Crippen LogP contribution in [0.5, 0.6) is 0 Å². The van der Waals surface area contributed by atoms with Crippen molar-refractivity contribution in [3.05, 3.63) is 5.82 Å². The zero-order valence-electron chi connectivity index (χ0n) is 9.07. The molecule has 0 amide bonds. The number of hydrogen-bond donors (Lipinski definition) is 1. The molecule has 0 unspecified atom stereocenters. The number of nitrogens with zero attached hydrogens (tertiary/aromatic N) is 3. The minimum atomic E-state index is -4.51. The smallest absolute Gasteiger partial charge is 0.394 e. The van der Waals surface area contributed by atoms with E-state index < -0.39 is 12.0 Å². The number of ether oxygens (including phenoxy) is 1. The van der Waals surface area contributed by atoms with Crippen molar-refractivity contribution in [2.24, 2.45) is 0 Å². The fourth-order valence-electron chi connectivity index (χ4n) is 0.949. The molecule has 0 fully saturated rings. The highest BCUT2D eigenvalue weighted by Crippen LogP contribution is 2.29. The van der Waals surface area contributed by atoms with Gasteiger partial charge in [0.1, 0.15) is 0 Å². The number of likely N-dealkylation sites (N-methyl/N-ethyl adjacent to an activating group) is 1. The van der Waals surface area contributed by atoms with Gasteiger partial charge in [-0.3, -0.25) is 0 Å². The zero-order chi connectivity index (χ0) is 12.9. The third-order valence-electron chi connectivity index (χ3n) is 1.80. The Hall–Kier alpha value is -0.930. The molecule has 0 aliphatic rings. The molecule has 0 saturated heterocycles. The Labute approximate surface area is 100 Å². The molecule has 1 aromatic heterocycles. The van der Waals surface area contributed by atoms with Gasteiger partial charge in [0.2, 0.25) is 11.0 Å². The summed E-state index contributed by atoms with van der Waals surface area (Å²) in [6.45, 7) is 0.809. The van der Waals surface area contributed by atoms with Gasteiger partial charge in [-0.2, -0.15) is 22.5 Å². The molecule has 5 nitrogen and oxygen atoms in total. The number of rotatable bonds is 6. The number of aliphatic hydroxyl groups is 1. The minimum absolute atomic E-state index is 0.0826. The lowest BCUT2D eigenvalue weighted by Gasteiger charge is -2.14. The minimum Gasteiger partial charge on any atom is -0.394 e. The van der Waals surface area contributed by atoms with Crippen LogP contribution in [0.1, 0.15) is 5.82 Å². The summed E-state index contributed by atoms with van der Waals surface area (Å²) in [7, 11) is 1.60. The molecule has 1 N–H and O–H groups in total. The summed E-state index contributed by atoms with van der Waals surface area (Å²) in [5.74, 6) is -1.12. The standard InChI is InChI=1S/C8H12F3N3O2S/c1-14(2-4-16-5-3-15)7-12-6(13-17-7)8(9,10)11/h15H,2-5H2,1H3. The van der Waals surface area contributed by atoms with Crippen molar-refractivity contribution in [3.63, 3.8) is 0 Å². The maximum atomic E-state index is 12.2. The van der Waals surface area contributed by atoms with Crippen molar-refractivity contribution in [1.82, 2.24) is 9.36 Å². The van der Waals surface area contributed by atoms with E-state index in [1.165, 1.54) is 4.90 Å². The van der Waals surface area contributed by atoms with E-state index in [0.717, 1.165) is 0 Å². The molecule has 0 spiro atoms. The molecule has 1 heterocycles. The van der Waals surface area contributed by atoms with E-state index in [1.807, 2.05) is 0 Å². The number of anilines is 1. The van der Waals surface area contributed by atoms with Crippen molar-refractivity contribution in [3.8, 4) is 0 Å². The Morgan fingerprint density at radius 1 is 1.41 bits per heavy atom. The van der Waals surface area contributed by atoms with E-state index in [2.05, 4.69) is 9.36 Å². The molecular weight excluding hydrogens is 259 g/mol. The van der Waals surface area contributed by atoms with Crippen LogP contribution in [-0.2, 0) is 10.9 Å². The second-order valence-corrected chi connectivity index (χ2v) is 3.89. The van der Waals surface area contributed by atoms with Gasteiger partial charge in [-0.25, -0.2) is 0 Å². The molecule has 17 heavy (non-hydrogen) atoms. The summed E-state index contributed by atoms with van der Waals surface area (Å²) in [6.07, 6.45) is -4.51. The first-order chi connectivity index (χ1) is 7.95. The number of hydrogen-bond acceptors (Lipinski definition) is 6. The molecule has 1 aromatic rings. The largest absolute Gasteiger partial charge is 0.452 e. The van der Waals surface area contributed by atoms with Gasteiger partial charge in [0, 0.05) is 25.1 Å². The Morgan fingerprint density at radius 2 is 2.12 bits per heavy atom. The summed E-state index contributed by atoms with van der Waals surface area (Å²) >= 11 is 0.688. The van der Waals surface area contributed by atoms with Gasteiger partial charge in [-0.15, -0.1) is 0 Å². The summed E-state index contributed by atoms with van der Waals surface area (Å²) < 4.78 is 44.9. The number of aromatic nitrogens is 2. The molecule has 9 heteroatoms. The lowest BCUT2D eigenvalue weighted by Crippen LogP contribution is -2.23. The molecule has 0 atom stereocenters. The van der Waals surface area contributed by atoms with Gasteiger partial charge in [-0.1, -0.05) is 0 Å². The third-order valence-corrected chi connectivity index (χ3v) is 2.63. The topological polar surface area (TPSA) is 58.5 Å². The molecule has 0 aliphatic carbocycles. The predicted molar refractivity (Wildman–Crippen MR) is 56.1 cm³/mol. The van der Waals surface area contributed by atoms with E-state index in [0.29, 0.717) is 24.7 Å². The van der Waals surface area contributed by atoms with Gasteiger partial charge in [0.25, 0.3) is 0 Å². The maximum absolute atomic E-state index is 12.2. The van der Waals surface area contributed by atoms with E-state index in [4.69, 9.17) is 9.84 Å². The van der Waals surface area contributed by atoms with Crippen molar-refractivity contribution in [2.75, 3.05) is 38.3 Å². The number of halogens is 3. The van der Waals surface area contributed by atoms with Gasteiger partial charge < -0.3 is 14.7 Å². The molecule has 0 saturated carbocycles. The molecule has 98 valence electrons.